The summed E-state index contributed by atoms with van der Waals surface area (Å²) in [6.07, 6.45) is 0.647. The minimum Gasteiger partial charge on any atom is -0.330 e. The first-order valence-corrected chi connectivity index (χ1v) is 7.83. The van der Waals surface area contributed by atoms with E-state index in [9.17, 15) is 18.5 Å². The van der Waals surface area contributed by atoms with Crippen molar-refractivity contribution in [3.05, 3.63) is 33.3 Å². The third-order valence-electron chi connectivity index (χ3n) is 3.32. The highest BCUT2D eigenvalue weighted by molar-refractivity contribution is 7.89. The van der Waals surface area contributed by atoms with Crippen LogP contribution < -0.4 is 5.73 Å². The zero-order valence-corrected chi connectivity index (χ0v) is 12.1. The van der Waals surface area contributed by atoms with E-state index in [0.717, 1.165) is 6.07 Å². The van der Waals surface area contributed by atoms with Gasteiger partial charge in [-0.1, -0.05) is 17.7 Å². The first-order valence-electron chi connectivity index (χ1n) is 6.01. The fourth-order valence-corrected chi connectivity index (χ4v) is 4.43. The molecule has 1 aromatic rings. The van der Waals surface area contributed by atoms with E-state index in [0.29, 0.717) is 19.5 Å². The Morgan fingerprint density at radius 2 is 2.20 bits per heavy atom. The van der Waals surface area contributed by atoms with E-state index in [2.05, 4.69) is 0 Å². The Hall–Kier alpha value is -1.22. The molecule has 1 saturated heterocycles. The van der Waals surface area contributed by atoms with Gasteiger partial charge in [-0.25, -0.2) is 8.42 Å². The number of nitrogens with two attached hydrogens (primary N) is 1. The predicted molar refractivity (Wildman–Crippen MR) is 74.0 cm³/mol. The molecule has 0 aliphatic carbocycles. The van der Waals surface area contributed by atoms with E-state index in [-0.39, 0.29) is 17.5 Å². The largest absolute Gasteiger partial charge is 0.330 e. The Balaban J connectivity index is 2.48. The first-order chi connectivity index (χ1) is 9.37. The zero-order valence-electron chi connectivity index (χ0n) is 10.5. The van der Waals surface area contributed by atoms with Gasteiger partial charge in [-0.2, -0.15) is 4.31 Å². The highest BCUT2D eigenvalue weighted by Gasteiger charge is 2.37. The summed E-state index contributed by atoms with van der Waals surface area (Å²) in [6.45, 7) is 0.949. The zero-order chi connectivity index (χ0) is 14.9. The molecule has 1 heterocycles. The van der Waals surface area contributed by atoms with Crippen LogP contribution in [-0.2, 0) is 10.0 Å². The standard InChI is InChI=1S/C11H14ClN3O4S/c12-9-2-1-3-10(15(16)17)11(9)20(18,19)14-5-4-8(6-13)7-14/h1-3,8H,4-7,13H2. The molecule has 9 heteroatoms. The monoisotopic (exact) mass is 319 g/mol. The van der Waals surface area contributed by atoms with Gasteiger partial charge in [-0.05, 0) is 24.9 Å². The molecule has 1 aliphatic rings. The summed E-state index contributed by atoms with van der Waals surface area (Å²) in [7, 11) is -3.98. The molecule has 7 nitrogen and oxygen atoms in total. The van der Waals surface area contributed by atoms with Crippen molar-refractivity contribution in [2.75, 3.05) is 19.6 Å². The number of halogens is 1. The van der Waals surface area contributed by atoms with E-state index in [1.165, 1.54) is 16.4 Å². The van der Waals surface area contributed by atoms with Crippen LogP contribution >= 0.6 is 11.6 Å². The molecule has 110 valence electrons. The Morgan fingerprint density at radius 3 is 2.75 bits per heavy atom. The third-order valence-corrected chi connectivity index (χ3v) is 5.71. The molecule has 0 amide bonds. The molecule has 0 bridgehead atoms. The second-order valence-corrected chi connectivity index (χ2v) is 6.88. The van der Waals surface area contributed by atoms with Gasteiger partial charge in [0.1, 0.15) is 0 Å². The van der Waals surface area contributed by atoms with E-state index >= 15 is 0 Å². The van der Waals surface area contributed by atoms with Gasteiger partial charge >= 0.3 is 0 Å². The third kappa shape index (κ3) is 2.64. The van der Waals surface area contributed by atoms with Crippen LogP contribution in [0.1, 0.15) is 6.42 Å². The topological polar surface area (TPSA) is 107 Å². The number of nitro groups is 1. The number of hydrogen-bond donors (Lipinski definition) is 1. The van der Waals surface area contributed by atoms with Crippen molar-refractivity contribution in [3.63, 3.8) is 0 Å². The predicted octanol–water partition coefficient (Wildman–Crippen LogP) is 1.22. The van der Waals surface area contributed by atoms with Crippen molar-refractivity contribution in [2.24, 2.45) is 11.7 Å². The molecule has 1 aromatic carbocycles. The van der Waals surface area contributed by atoms with Gasteiger partial charge in [0.2, 0.25) is 0 Å². The fourth-order valence-electron chi connectivity index (χ4n) is 2.23. The smallest absolute Gasteiger partial charge is 0.290 e. The molecule has 1 unspecified atom stereocenters. The number of sulfonamides is 1. The lowest BCUT2D eigenvalue weighted by molar-refractivity contribution is -0.387. The first kappa shape index (κ1) is 15.2. The molecule has 1 atom stereocenters. The second kappa shape index (κ2) is 5.65. The highest BCUT2D eigenvalue weighted by atomic mass is 35.5. The van der Waals surface area contributed by atoms with Gasteiger partial charge < -0.3 is 5.73 Å². The maximum absolute atomic E-state index is 12.5. The summed E-state index contributed by atoms with van der Waals surface area (Å²) in [6, 6.07) is 3.82. The lowest BCUT2D eigenvalue weighted by atomic mass is 10.1. The summed E-state index contributed by atoms with van der Waals surface area (Å²) in [4.78, 5) is 9.82. The molecule has 0 spiro atoms. The summed E-state index contributed by atoms with van der Waals surface area (Å²) < 4.78 is 26.3. The number of nitro benzene ring substituents is 1. The van der Waals surface area contributed by atoms with Crippen LogP contribution in [0.2, 0.25) is 5.02 Å². The molecule has 2 rings (SSSR count). The quantitative estimate of drug-likeness (QED) is 0.663. The van der Waals surface area contributed by atoms with Crippen molar-refractivity contribution in [2.45, 2.75) is 11.3 Å². The average Bonchev–Trinajstić information content (AvgIpc) is 2.87. The second-order valence-electron chi connectivity index (χ2n) is 4.60. The minimum absolute atomic E-state index is 0.0753. The van der Waals surface area contributed by atoms with Gasteiger partial charge in [0.25, 0.3) is 15.7 Å². The van der Waals surface area contributed by atoms with E-state index in [1.54, 1.807) is 0 Å². The van der Waals surface area contributed by atoms with Crippen molar-refractivity contribution in [3.8, 4) is 0 Å². The summed E-state index contributed by atoms with van der Waals surface area (Å²) in [5.41, 5.74) is 5.02. The Kier molecular flexibility index (Phi) is 4.28. The van der Waals surface area contributed by atoms with Gasteiger partial charge in [0.05, 0.1) is 9.95 Å². The maximum Gasteiger partial charge on any atom is 0.290 e. The Labute approximate surface area is 121 Å². The van der Waals surface area contributed by atoms with Crippen LogP contribution in [0.25, 0.3) is 0 Å². The van der Waals surface area contributed by atoms with Crippen LogP contribution in [0, 0.1) is 16.0 Å². The molecule has 20 heavy (non-hydrogen) atoms. The lowest BCUT2D eigenvalue weighted by Gasteiger charge is -2.17. The van der Waals surface area contributed by atoms with Crippen molar-refractivity contribution in [1.82, 2.24) is 4.31 Å². The highest BCUT2D eigenvalue weighted by Crippen LogP contribution is 2.35. The minimum atomic E-state index is -3.98. The molecule has 1 aliphatic heterocycles. The van der Waals surface area contributed by atoms with E-state index in [4.69, 9.17) is 17.3 Å². The fraction of sp³-hybridized carbons (Fsp3) is 0.455. The van der Waals surface area contributed by atoms with E-state index < -0.39 is 25.5 Å². The number of rotatable bonds is 4. The lowest BCUT2D eigenvalue weighted by Crippen LogP contribution is -2.30. The van der Waals surface area contributed by atoms with Crippen molar-refractivity contribution < 1.29 is 13.3 Å². The van der Waals surface area contributed by atoms with Gasteiger partial charge in [0, 0.05) is 19.2 Å². The summed E-state index contributed by atoms with van der Waals surface area (Å²) in [5.74, 6) is 0.0753. The van der Waals surface area contributed by atoms with Gasteiger partial charge in [-0.15, -0.1) is 0 Å². The molecule has 0 aromatic heterocycles. The SMILES string of the molecule is NCC1CCN(S(=O)(=O)c2c(Cl)cccc2[N+](=O)[O-])C1. The van der Waals surface area contributed by atoms with Crippen LogP contribution in [0.3, 0.4) is 0 Å². The molecule has 0 radical (unpaired) electrons. The molecule has 2 N–H and O–H groups in total. The number of hydrogen-bond acceptors (Lipinski definition) is 5. The molecular weight excluding hydrogens is 306 g/mol. The summed E-state index contributed by atoms with van der Waals surface area (Å²) in [5, 5.41) is 10.9. The number of benzene rings is 1. The van der Waals surface area contributed by atoms with Crippen LogP contribution in [0.4, 0.5) is 5.69 Å². The van der Waals surface area contributed by atoms with Crippen molar-refractivity contribution >= 4 is 27.3 Å². The van der Waals surface area contributed by atoms with Gasteiger partial charge in [0.15, 0.2) is 4.90 Å². The van der Waals surface area contributed by atoms with Crippen LogP contribution in [0.15, 0.2) is 23.1 Å². The van der Waals surface area contributed by atoms with Crippen LogP contribution in [-0.4, -0.2) is 37.3 Å². The normalized spacial score (nSPS) is 20.2. The molecule has 0 saturated carbocycles. The number of nitrogens with zero attached hydrogens (tertiary/aromatic N) is 2. The van der Waals surface area contributed by atoms with E-state index in [1.807, 2.05) is 0 Å². The summed E-state index contributed by atoms with van der Waals surface area (Å²) >= 11 is 5.87. The Morgan fingerprint density at radius 1 is 1.50 bits per heavy atom. The van der Waals surface area contributed by atoms with Crippen LogP contribution in [0.5, 0.6) is 0 Å². The molecule has 1 fully saturated rings. The Bertz CT molecular complexity index is 635. The van der Waals surface area contributed by atoms with Gasteiger partial charge in [-0.3, -0.25) is 10.1 Å². The maximum atomic E-state index is 12.5. The molecular formula is C11H14ClN3O4S. The average molecular weight is 320 g/mol. The van der Waals surface area contributed by atoms with Crippen molar-refractivity contribution in [1.29, 1.82) is 0 Å².